The van der Waals surface area contributed by atoms with Crippen LogP contribution in [0.5, 0.6) is 0 Å². The molecule has 4 heterocycles. The first-order chi connectivity index (χ1) is 12.7. The zero-order valence-corrected chi connectivity index (χ0v) is 14.6. The molecular weight excluding hydrogens is 381 g/mol. The van der Waals surface area contributed by atoms with E-state index in [4.69, 9.17) is 0 Å². The van der Waals surface area contributed by atoms with Crippen molar-refractivity contribution in [3.05, 3.63) is 39.7 Å². The number of fused-ring (bicyclic) bond motifs is 1. The zero-order chi connectivity index (χ0) is 19.5. The van der Waals surface area contributed by atoms with Gasteiger partial charge in [-0.05, 0) is 6.92 Å². The molecule has 1 saturated heterocycles. The van der Waals surface area contributed by atoms with Crippen molar-refractivity contribution >= 4 is 34.4 Å². The van der Waals surface area contributed by atoms with E-state index in [1.54, 1.807) is 0 Å². The number of hydrogen-bond acceptors (Lipinski definition) is 9. The van der Waals surface area contributed by atoms with Crippen molar-refractivity contribution in [2.45, 2.75) is 12.7 Å². The van der Waals surface area contributed by atoms with E-state index in [9.17, 15) is 29.3 Å². The lowest BCUT2D eigenvalue weighted by Gasteiger charge is -2.43. The van der Waals surface area contributed by atoms with Gasteiger partial charge in [0.1, 0.15) is 11.9 Å². The van der Waals surface area contributed by atoms with Crippen LogP contribution < -0.4 is 10.3 Å². The number of aromatic carboxylic acids is 1. The van der Waals surface area contributed by atoms with Crippen LogP contribution in [0.3, 0.4) is 0 Å². The molecule has 0 saturated carbocycles. The van der Waals surface area contributed by atoms with Crippen LogP contribution in [-0.4, -0.2) is 59.1 Å². The van der Waals surface area contributed by atoms with Crippen molar-refractivity contribution in [3.63, 3.8) is 0 Å². The van der Waals surface area contributed by atoms with Gasteiger partial charge in [-0.2, -0.15) is 4.37 Å². The van der Waals surface area contributed by atoms with Gasteiger partial charge in [-0.3, -0.25) is 9.36 Å². The Labute approximate surface area is 153 Å². The average Bonchev–Trinajstić information content (AvgIpc) is 3.09. The number of carboxylic acid groups (broad SMARTS) is 1. The second-order valence-corrected chi connectivity index (χ2v) is 6.94. The van der Waals surface area contributed by atoms with E-state index in [2.05, 4.69) is 14.3 Å². The van der Waals surface area contributed by atoms with Crippen molar-refractivity contribution in [1.82, 2.24) is 18.9 Å². The van der Waals surface area contributed by atoms with Crippen molar-refractivity contribution in [3.8, 4) is 5.13 Å². The third-order valence-electron chi connectivity index (χ3n) is 4.27. The lowest BCUT2D eigenvalue weighted by Crippen LogP contribution is -2.62. The van der Waals surface area contributed by atoms with Crippen LogP contribution in [0.25, 0.3) is 16.2 Å². The van der Waals surface area contributed by atoms with E-state index in [1.807, 2.05) is 0 Å². The number of anilines is 1. The average molecular weight is 393 g/mol. The van der Waals surface area contributed by atoms with Crippen LogP contribution in [0.2, 0.25) is 0 Å². The van der Waals surface area contributed by atoms with Crippen LogP contribution >= 0.6 is 11.5 Å². The van der Waals surface area contributed by atoms with Gasteiger partial charge in [0.05, 0.1) is 18.5 Å². The summed E-state index contributed by atoms with van der Waals surface area (Å²) >= 11 is 0.940. The molecule has 3 aromatic rings. The van der Waals surface area contributed by atoms with Crippen LogP contribution in [0, 0.1) is 12.7 Å². The molecule has 0 atom stereocenters. The SMILES string of the molecule is Cc1c(F)c(N2CC(O)(O)C2)nc2c1c(=O)c(C(=O)O)cn2-c1ncns1. The minimum Gasteiger partial charge on any atom is -0.477 e. The summed E-state index contributed by atoms with van der Waals surface area (Å²) in [6, 6.07) is 0. The molecule has 0 amide bonds. The van der Waals surface area contributed by atoms with Gasteiger partial charge < -0.3 is 20.2 Å². The number of halogens is 1. The molecule has 0 unspecified atom stereocenters. The highest BCUT2D eigenvalue weighted by Gasteiger charge is 2.41. The topological polar surface area (TPSA) is 142 Å². The number of carboxylic acids is 1. The van der Waals surface area contributed by atoms with E-state index in [0.29, 0.717) is 0 Å². The van der Waals surface area contributed by atoms with Gasteiger partial charge in [0.2, 0.25) is 10.6 Å². The number of aliphatic hydroxyl groups is 2. The molecule has 4 rings (SSSR count). The van der Waals surface area contributed by atoms with Gasteiger partial charge in [0.25, 0.3) is 0 Å². The maximum atomic E-state index is 14.9. The quantitative estimate of drug-likeness (QED) is 0.519. The molecule has 140 valence electrons. The molecular formula is C15H12FN5O5S. The van der Waals surface area contributed by atoms with Gasteiger partial charge >= 0.3 is 5.97 Å². The monoisotopic (exact) mass is 393 g/mol. The largest absolute Gasteiger partial charge is 0.477 e. The molecule has 12 heteroatoms. The normalized spacial score (nSPS) is 15.8. The van der Waals surface area contributed by atoms with Crippen LogP contribution in [0.1, 0.15) is 15.9 Å². The van der Waals surface area contributed by atoms with Crippen molar-refractivity contribution in [2.24, 2.45) is 0 Å². The fourth-order valence-corrected chi connectivity index (χ4v) is 3.49. The first kappa shape index (κ1) is 17.5. The molecule has 3 aromatic heterocycles. The first-order valence-electron chi connectivity index (χ1n) is 7.65. The highest BCUT2D eigenvalue weighted by atomic mass is 32.1. The van der Waals surface area contributed by atoms with Gasteiger partial charge in [-0.15, -0.1) is 0 Å². The fraction of sp³-hybridized carbons (Fsp3) is 0.267. The molecule has 0 bridgehead atoms. The molecule has 1 fully saturated rings. The predicted octanol–water partition coefficient (Wildman–Crippen LogP) is -0.116. The van der Waals surface area contributed by atoms with Crippen LogP contribution in [-0.2, 0) is 0 Å². The highest BCUT2D eigenvalue weighted by Crippen LogP contribution is 2.31. The second kappa shape index (κ2) is 5.77. The number of aryl methyl sites for hydroxylation is 1. The number of nitrogens with zero attached hydrogens (tertiary/aromatic N) is 5. The number of pyridine rings is 2. The summed E-state index contributed by atoms with van der Waals surface area (Å²) in [4.78, 5) is 33.6. The molecule has 27 heavy (non-hydrogen) atoms. The maximum Gasteiger partial charge on any atom is 0.341 e. The van der Waals surface area contributed by atoms with Gasteiger partial charge in [-0.25, -0.2) is 19.2 Å². The number of aromatic nitrogens is 4. The molecule has 1 aliphatic heterocycles. The number of carbonyl (C=O) groups is 1. The first-order valence-corrected chi connectivity index (χ1v) is 8.42. The minimum absolute atomic E-state index is 0.00373. The Hall–Kier alpha value is -2.96. The van der Waals surface area contributed by atoms with Gasteiger partial charge in [0.15, 0.2) is 23.1 Å². The molecule has 1 aliphatic rings. The number of hydrogen-bond donors (Lipinski definition) is 3. The van der Waals surface area contributed by atoms with E-state index in [1.165, 1.54) is 22.7 Å². The van der Waals surface area contributed by atoms with Crippen molar-refractivity contribution < 1.29 is 24.5 Å². The Kier molecular flexibility index (Phi) is 3.73. The fourth-order valence-electron chi connectivity index (χ4n) is 2.98. The molecule has 0 spiro atoms. The van der Waals surface area contributed by atoms with E-state index >= 15 is 0 Å². The summed E-state index contributed by atoms with van der Waals surface area (Å²) in [5.74, 6) is -4.40. The van der Waals surface area contributed by atoms with Crippen LogP contribution in [0.4, 0.5) is 10.2 Å². The van der Waals surface area contributed by atoms with E-state index in [-0.39, 0.29) is 40.6 Å². The Morgan fingerprint density at radius 1 is 1.37 bits per heavy atom. The molecule has 0 radical (unpaired) electrons. The molecule has 10 nitrogen and oxygen atoms in total. The molecule has 3 N–H and O–H groups in total. The maximum absolute atomic E-state index is 14.9. The summed E-state index contributed by atoms with van der Waals surface area (Å²) in [6.07, 6.45) is 2.32. The standard InChI is InChI=1S/C15H12FN5O5S/c1-6-8-10(22)7(13(23)24)2-21(14-17-5-18-27-14)11(8)19-12(9(6)16)20-3-15(25,26)4-20/h2,5,25-26H,3-4H2,1H3,(H,23,24). The second-order valence-electron chi connectivity index (χ2n) is 6.18. The number of rotatable bonds is 3. The summed E-state index contributed by atoms with van der Waals surface area (Å²) in [5.41, 5.74) is -1.50. The Morgan fingerprint density at radius 2 is 2.07 bits per heavy atom. The lowest BCUT2D eigenvalue weighted by atomic mass is 10.1. The minimum atomic E-state index is -1.94. The molecule has 0 aliphatic carbocycles. The van der Waals surface area contributed by atoms with Gasteiger partial charge in [-0.1, -0.05) is 0 Å². The smallest absolute Gasteiger partial charge is 0.341 e. The summed E-state index contributed by atoms with van der Waals surface area (Å²) in [5, 5.41) is 28.4. The van der Waals surface area contributed by atoms with Crippen molar-refractivity contribution in [1.29, 1.82) is 0 Å². The highest BCUT2D eigenvalue weighted by molar-refractivity contribution is 7.08. The van der Waals surface area contributed by atoms with E-state index in [0.717, 1.165) is 17.7 Å². The third-order valence-corrected chi connectivity index (χ3v) is 4.93. The Morgan fingerprint density at radius 3 is 2.63 bits per heavy atom. The summed E-state index contributed by atoms with van der Waals surface area (Å²) in [6.45, 7) is 0.835. The zero-order valence-electron chi connectivity index (χ0n) is 13.7. The number of β-amino-alcohol motifs (C(OH)–C–C–N with tert-alkyl or cyclic N) is 2. The van der Waals surface area contributed by atoms with Gasteiger partial charge in [0, 0.05) is 23.3 Å². The predicted molar refractivity (Wildman–Crippen MR) is 91.8 cm³/mol. The van der Waals surface area contributed by atoms with Crippen molar-refractivity contribution in [2.75, 3.05) is 18.0 Å². The Balaban J connectivity index is 2.06. The summed E-state index contributed by atoms with van der Waals surface area (Å²) < 4.78 is 20.0. The van der Waals surface area contributed by atoms with E-state index < -0.39 is 28.6 Å². The summed E-state index contributed by atoms with van der Waals surface area (Å²) in [7, 11) is 0. The van der Waals surface area contributed by atoms with Crippen LogP contribution in [0.15, 0.2) is 17.3 Å². The lowest BCUT2D eigenvalue weighted by molar-refractivity contribution is -0.176. The Bertz CT molecular complexity index is 1140. The molecule has 0 aromatic carbocycles. The third kappa shape index (κ3) is 2.65.